The third-order valence-electron chi connectivity index (χ3n) is 0.961. The van der Waals surface area contributed by atoms with Crippen LogP contribution in [0.1, 0.15) is 10.6 Å². The van der Waals surface area contributed by atoms with Gasteiger partial charge in [0.05, 0.1) is 0 Å². The zero-order valence-electron chi connectivity index (χ0n) is 4.71. The fraction of sp³-hybridized carbons (Fsp3) is 0.250. The molecule has 0 spiro atoms. The molecule has 0 aliphatic rings. The fourth-order valence-corrected chi connectivity index (χ4v) is 0.685. The number of carbonyl (C=O) groups excluding carboxylic acids is 1. The molecule has 4 nitrogen and oxygen atoms in total. The fourth-order valence-electron chi connectivity index (χ4n) is 0.424. The molecule has 0 N–H and O–H groups in total. The van der Waals surface area contributed by atoms with Gasteiger partial charge in [-0.2, -0.15) is 0 Å². The summed E-state index contributed by atoms with van der Waals surface area (Å²) < 4.78 is 2.11. The molecule has 1 aromatic rings. The predicted octanol–water partition coefficient (Wildman–Crippen LogP) is 0.390. The summed E-state index contributed by atoms with van der Waals surface area (Å²) in [5.41, 5.74) is 0. The molecule has 0 unspecified atom stereocenters. The SMILES string of the molecule is Cn1c(Br)nnc1C=O. The van der Waals surface area contributed by atoms with E-state index in [0.29, 0.717) is 16.8 Å². The molecular weight excluding hydrogens is 186 g/mol. The van der Waals surface area contributed by atoms with Crippen LogP contribution in [0.25, 0.3) is 0 Å². The number of aldehydes is 1. The lowest BCUT2D eigenvalue weighted by Crippen LogP contribution is -1.94. The van der Waals surface area contributed by atoms with Crippen LogP contribution in [-0.4, -0.2) is 21.1 Å². The van der Waals surface area contributed by atoms with Crippen molar-refractivity contribution in [2.75, 3.05) is 0 Å². The number of carbonyl (C=O) groups is 1. The van der Waals surface area contributed by atoms with E-state index in [0.717, 1.165) is 0 Å². The van der Waals surface area contributed by atoms with Crippen LogP contribution in [-0.2, 0) is 7.05 Å². The first kappa shape index (κ1) is 6.41. The molecule has 1 heterocycles. The molecule has 0 saturated heterocycles. The van der Waals surface area contributed by atoms with E-state index in [1.807, 2.05) is 0 Å². The Morgan fingerprint density at radius 2 is 2.33 bits per heavy atom. The summed E-state index contributed by atoms with van der Waals surface area (Å²) in [4.78, 5) is 10.1. The van der Waals surface area contributed by atoms with Crippen molar-refractivity contribution in [3.8, 4) is 0 Å². The summed E-state index contributed by atoms with van der Waals surface area (Å²) in [6, 6.07) is 0. The number of aromatic nitrogens is 3. The van der Waals surface area contributed by atoms with Crippen LogP contribution in [0.3, 0.4) is 0 Å². The average molecular weight is 190 g/mol. The second-order valence-corrected chi connectivity index (χ2v) is 2.21. The minimum absolute atomic E-state index is 0.321. The van der Waals surface area contributed by atoms with E-state index in [2.05, 4.69) is 26.1 Å². The van der Waals surface area contributed by atoms with Crippen LogP contribution in [0.2, 0.25) is 0 Å². The molecular formula is C4H4BrN3O. The third kappa shape index (κ3) is 0.999. The molecule has 1 aromatic heterocycles. The van der Waals surface area contributed by atoms with Crippen molar-refractivity contribution < 1.29 is 4.79 Å². The van der Waals surface area contributed by atoms with Gasteiger partial charge in [-0.1, -0.05) is 0 Å². The van der Waals surface area contributed by atoms with Crippen molar-refractivity contribution in [1.82, 2.24) is 14.8 Å². The molecule has 9 heavy (non-hydrogen) atoms. The number of rotatable bonds is 1. The summed E-state index contributed by atoms with van der Waals surface area (Å²) >= 11 is 3.09. The average Bonchev–Trinajstić information content (AvgIpc) is 2.15. The van der Waals surface area contributed by atoms with E-state index in [9.17, 15) is 4.79 Å². The number of hydrogen-bond acceptors (Lipinski definition) is 3. The van der Waals surface area contributed by atoms with Crippen molar-refractivity contribution in [3.05, 3.63) is 10.6 Å². The maximum Gasteiger partial charge on any atom is 0.200 e. The smallest absolute Gasteiger partial charge is 0.200 e. The van der Waals surface area contributed by atoms with E-state index < -0.39 is 0 Å². The van der Waals surface area contributed by atoms with Crippen molar-refractivity contribution in [1.29, 1.82) is 0 Å². The van der Waals surface area contributed by atoms with Crippen LogP contribution in [0.4, 0.5) is 0 Å². The lowest BCUT2D eigenvalue weighted by molar-refractivity contribution is 0.111. The van der Waals surface area contributed by atoms with E-state index in [1.165, 1.54) is 0 Å². The van der Waals surface area contributed by atoms with Crippen LogP contribution in [0, 0.1) is 0 Å². The number of nitrogens with zero attached hydrogens (tertiary/aromatic N) is 3. The second-order valence-electron chi connectivity index (χ2n) is 1.50. The van der Waals surface area contributed by atoms with Crippen LogP contribution in [0.15, 0.2) is 4.73 Å². The summed E-state index contributed by atoms with van der Waals surface area (Å²) in [6.07, 6.45) is 0.651. The highest BCUT2D eigenvalue weighted by Crippen LogP contribution is 2.03. The first-order chi connectivity index (χ1) is 4.25. The molecule has 0 radical (unpaired) electrons. The van der Waals surface area contributed by atoms with Crippen molar-refractivity contribution >= 4 is 22.2 Å². The first-order valence-electron chi connectivity index (χ1n) is 2.26. The second kappa shape index (κ2) is 2.26. The molecule has 5 heteroatoms. The molecule has 0 atom stereocenters. The van der Waals surface area contributed by atoms with Crippen LogP contribution < -0.4 is 0 Å². The van der Waals surface area contributed by atoms with E-state index in [4.69, 9.17) is 0 Å². The highest BCUT2D eigenvalue weighted by molar-refractivity contribution is 9.10. The Kier molecular flexibility index (Phi) is 1.61. The molecule has 0 fully saturated rings. The molecule has 0 amide bonds. The van der Waals surface area contributed by atoms with Gasteiger partial charge in [-0.25, -0.2) is 0 Å². The minimum atomic E-state index is 0.321. The Hall–Kier alpha value is -0.710. The van der Waals surface area contributed by atoms with Crippen LogP contribution in [0.5, 0.6) is 0 Å². The Morgan fingerprint density at radius 1 is 1.67 bits per heavy atom. The van der Waals surface area contributed by atoms with Crippen LogP contribution >= 0.6 is 15.9 Å². The summed E-state index contributed by atoms with van der Waals surface area (Å²) in [5.74, 6) is 0.321. The molecule has 1 rings (SSSR count). The topological polar surface area (TPSA) is 47.8 Å². The maximum atomic E-state index is 10.1. The zero-order valence-corrected chi connectivity index (χ0v) is 6.29. The van der Waals surface area contributed by atoms with Gasteiger partial charge in [0.25, 0.3) is 0 Å². The quantitative estimate of drug-likeness (QED) is 0.601. The van der Waals surface area contributed by atoms with Gasteiger partial charge in [-0.05, 0) is 15.9 Å². The van der Waals surface area contributed by atoms with Gasteiger partial charge in [-0.15, -0.1) is 10.2 Å². The summed E-state index contributed by atoms with van der Waals surface area (Å²) in [7, 11) is 1.70. The third-order valence-corrected chi connectivity index (χ3v) is 1.65. The Balaban J connectivity index is 3.18. The first-order valence-corrected chi connectivity index (χ1v) is 3.05. The van der Waals surface area contributed by atoms with Gasteiger partial charge in [0.2, 0.25) is 0 Å². The van der Waals surface area contributed by atoms with Crippen molar-refractivity contribution in [2.45, 2.75) is 0 Å². The Morgan fingerprint density at radius 3 is 2.56 bits per heavy atom. The Labute approximate surface area is 60.0 Å². The highest BCUT2D eigenvalue weighted by Gasteiger charge is 2.01. The molecule has 0 saturated carbocycles. The number of halogens is 1. The van der Waals surface area contributed by atoms with E-state index in [-0.39, 0.29) is 0 Å². The summed E-state index contributed by atoms with van der Waals surface area (Å²) in [6.45, 7) is 0. The summed E-state index contributed by atoms with van der Waals surface area (Å²) in [5, 5.41) is 7.12. The molecule has 0 aliphatic heterocycles. The van der Waals surface area contributed by atoms with Crippen molar-refractivity contribution in [3.63, 3.8) is 0 Å². The normalized spacial score (nSPS) is 9.56. The monoisotopic (exact) mass is 189 g/mol. The Bertz CT molecular complexity index is 232. The van der Waals surface area contributed by atoms with E-state index >= 15 is 0 Å². The van der Waals surface area contributed by atoms with E-state index in [1.54, 1.807) is 11.6 Å². The van der Waals surface area contributed by atoms with Gasteiger partial charge < -0.3 is 4.57 Å². The molecule has 48 valence electrons. The molecule has 0 bridgehead atoms. The molecule has 0 aliphatic carbocycles. The zero-order chi connectivity index (χ0) is 6.85. The number of hydrogen-bond donors (Lipinski definition) is 0. The van der Waals surface area contributed by atoms with Gasteiger partial charge in [0.1, 0.15) is 0 Å². The predicted molar refractivity (Wildman–Crippen MR) is 34.1 cm³/mol. The van der Waals surface area contributed by atoms with Crippen molar-refractivity contribution in [2.24, 2.45) is 7.05 Å². The van der Waals surface area contributed by atoms with Gasteiger partial charge in [0.15, 0.2) is 16.8 Å². The standard InChI is InChI=1S/C4H4BrN3O/c1-8-3(2-9)6-7-4(8)5/h2H,1H3. The lowest BCUT2D eigenvalue weighted by atomic mass is 10.7. The van der Waals surface area contributed by atoms with Gasteiger partial charge >= 0.3 is 0 Å². The minimum Gasteiger partial charge on any atom is -0.303 e. The largest absolute Gasteiger partial charge is 0.303 e. The van der Waals surface area contributed by atoms with Gasteiger partial charge in [0, 0.05) is 7.05 Å². The molecule has 0 aromatic carbocycles. The lowest BCUT2D eigenvalue weighted by Gasteiger charge is -1.88. The van der Waals surface area contributed by atoms with Gasteiger partial charge in [-0.3, -0.25) is 4.79 Å². The maximum absolute atomic E-state index is 10.1. The highest BCUT2D eigenvalue weighted by atomic mass is 79.9.